The van der Waals surface area contributed by atoms with Gasteiger partial charge >= 0.3 is 5.97 Å². The second kappa shape index (κ2) is 6.93. The van der Waals surface area contributed by atoms with E-state index in [-0.39, 0.29) is 18.9 Å². The van der Waals surface area contributed by atoms with E-state index in [1.54, 1.807) is 24.3 Å². The summed E-state index contributed by atoms with van der Waals surface area (Å²) >= 11 is 12.8. The number of amides is 1. The van der Waals surface area contributed by atoms with E-state index in [2.05, 4.69) is 5.32 Å². The number of carboxylic acids is 1. The van der Waals surface area contributed by atoms with Crippen LogP contribution < -0.4 is 5.32 Å². The molecule has 0 saturated carbocycles. The molecule has 0 atom stereocenters. The van der Waals surface area contributed by atoms with E-state index >= 15 is 0 Å². The summed E-state index contributed by atoms with van der Waals surface area (Å²) in [7, 11) is 0. The van der Waals surface area contributed by atoms with Crippen LogP contribution in [0.2, 0.25) is 8.67 Å². The zero-order chi connectivity index (χ0) is 15.4. The lowest BCUT2D eigenvalue weighted by Crippen LogP contribution is -2.23. The Morgan fingerprint density at radius 1 is 1.19 bits per heavy atom. The summed E-state index contributed by atoms with van der Waals surface area (Å²) in [4.78, 5) is 22.8. The molecule has 1 heterocycles. The topological polar surface area (TPSA) is 66.4 Å². The fourth-order valence-electron chi connectivity index (χ4n) is 1.83. The van der Waals surface area contributed by atoms with Crippen molar-refractivity contribution in [3.63, 3.8) is 0 Å². The fourth-order valence-corrected chi connectivity index (χ4v) is 3.29. The third-order valence-electron chi connectivity index (χ3n) is 2.80. The third-order valence-corrected chi connectivity index (χ3v) is 4.29. The smallest absolute Gasteiger partial charge is 0.307 e. The predicted molar refractivity (Wildman–Crippen MR) is 83.3 cm³/mol. The van der Waals surface area contributed by atoms with Crippen LogP contribution in [0.15, 0.2) is 30.3 Å². The van der Waals surface area contributed by atoms with Crippen LogP contribution >= 0.6 is 34.5 Å². The average Bonchev–Trinajstić information content (AvgIpc) is 2.76. The van der Waals surface area contributed by atoms with Crippen molar-refractivity contribution in [3.05, 3.63) is 55.7 Å². The van der Waals surface area contributed by atoms with E-state index in [1.165, 1.54) is 6.07 Å². The summed E-state index contributed by atoms with van der Waals surface area (Å²) in [6.45, 7) is 0.228. The molecule has 4 nitrogen and oxygen atoms in total. The van der Waals surface area contributed by atoms with E-state index in [0.29, 0.717) is 19.8 Å². The van der Waals surface area contributed by atoms with Crippen molar-refractivity contribution in [1.82, 2.24) is 5.32 Å². The van der Waals surface area contributed by atoms with Crippen molar-refractivity contribution >= 4 is 46.4 Å². The number of hydrogen-bond donors (Lipinski definition) is 2. The lowest BCUT2D eigenvalue weighted by atomic mass is 10.0. The summed E-state index contributed by atoms with van der Waals surface area (Å²) in [6.07, 6.45) is -0.0862. The highest BCUT2D eigenvalue weighted by molar-refractivity contribution is 7.20. The van der Waals surface area contributed by atoms with E-state index in [9.17, 15) is 9.59 Å². The highest BCUT2D eigenvalue weighted by Crippen LogP contribution is 2.31. The molecule has 2 N–H and O–H groups in total. The first-order valence-corrected chi connectivity index (χ1v) is 7.56. The number of rotatable bonds is 5. The monoisotopic (exact) mass is 343 g/mol. The van der Waals surface area contributed by atoms with Gasteiger partial charge in [0.05, 0.1) is 16.3 Å². The van der Waals surface area contributed by atoms with E-state index in [0.717, 1.165) is 16.9 Å². The summed E-state index contributed by atoms with van der Waals surface area (Å²) in [5, 5.41) is 11.6. The highest BCUT2D eigenvalue weighted by Gasteiger charge is 2.14. The van der Waals surface area contributed by atoms with Crippen LogP contribution in [0.25, 0.3) is 0 Å². The molecule has 0 aliphatic heterocycles. The maximum Gasteiger partial charge on any atom is 0.307 e. The molecule has 0 spiro atoms. The Hall–Kier alpha value is -1.56. The molecular weight excluding hydrogens is 333 g/mol. The number of carbonyl (C=O) groups is 2. The van der Waals surface area contributed by atoms with Gasteiger partial charge in [0.2, 0.25) is 0 Å². The molecule has 0 bridgehead atoms. The number of thiophene rings is 1. The lowest BCUT2D eigenvalue weighted by Gasteiger charge is -2.09. The van der Waals surface area contributed by atoms with Gasteiger partial charge in [-0.15, -0.1) is 11.3 Å². The molecule has 1 amide bonds. The quantitative estimate of drug-likeness (QED) is 0.871. The van der Waals surface area contributed by atoms with Gasteiger partial charge in [0, 0.05) is 6.54 Å². The minimum atomic E-state index is -0.915. The molecule has 21 heavy (non-hydrogen) atoms. The Labute approximate surface area is 135 Å². The first-order valence-electron chi connectivity index (χ1n) is 5.99. The summed E-state index contributed by atoms with van der Waals surface area (Å²) in [6, 6.07) is 8.57. The summed E-state index contributed by atoms with van der Waals surface area (Å²) < 4.78 is 0.771. The number of hydrogen-bond acceptors (Lipinski definition) is 3. The number of carboxylic acid groups (broad SMARTS) is 1. The standard InChI is InChI=1S/C14H11Cl2NO3S/c15-11-6-10(13(16)21-11)14(20)17-7-9-4-2-1-3-8(9)5-12(18)19/h1-4,6H,5,7H2,(H,17,20)(H,18,19). The number of benzene rings is 1. The van der Waals surface area contributed by atoms with Gasteiger partial charge < -0.3 is 10.4 Å². The number of carbonyl (C=O) groups excluding carboxylic acids is 1. The van der Waals surface area contributed by atoms with Crippen LogP contribution in [0.3, 0.4) is 0 Å². The first kappa shape index (κ1) is 15.8. The molecule has 1 aromatic heterocycles. The Morgan fingerprint density at radius 2 is 1.86 bits per heavy atom. The molecule has 0 saturated heterocycles. The van der Waals surface area contributed by atoms with Crippen LogP contribution in [0.1, 0.15) is 21.5 Å². The van der Waals surface area contributed by atoms with Crippen LogP contribution in [0.4, 0.5) is 0 Å². The van der Waals surface area contributed by atoms with Gasteiger partial charge in [0.15, 0.2) is 0 Å². The zero-order valence-corrected chi connectivity index (χ0v) is 13.1. The van der Waals surface area contributed by atoms with Crippen LogP contribution in [-0.4, -0.2) is 17.0 Å². The van der Waals surface area contributed by atoms with Crippen molar-refractivity contribution in [2.75, 3.05) is 0 Å². The fraction of sp³-hybridized carbons (Fsp3) is 0.143. The molecule has 0 aliphatic rings. The number of aliphatic carboxylic acids is 1. The number of nitrogens with one attached hydrogen (secondary N) is 1. The summed E-state index contributed by atoms with van der Waals surface area (Å²) in [5.41, 5.74) is 1.74. The predicted octanol–water partition coefficient (Wildman–Crippen LogP) is 3.61. The largest absolute Gasteiger partial charge is 0.481 e. The molecule has 7 heteroatoms. The Morgan fingerprint density at radius 3 is 2.43 bits per heavy atom. The van der Waals surface area contributed by atoms with Gasteiger partial charge in [-0.1, -0.05) is 47.5 Å². The molecule has 0 fully saturated rings. The first-order chi connectivity index (χ1) is 9.97. The van der Waals surface area contributed by atoms with Crippen molar-refractivity contribution in [2.45, 2.75) is 13.0 Å². The summed E-state index contributed by atoms with van der Waals surface area (Å²) in [5.74, 6) is -1.25. The Kier molecular flexibility index (Phi) is 5.22. The average molecular weight is 344 g/mol. The third kappa shape index (κ3) is 4.20. The minimum Gasteiger partial charge on any atom is -0.481 e. The maximum atomic E-state index is 12.0. The van der Waals surface area contributed by atoms with Crippen molar-refractivity contribution in [1.29, 1.82) is 0 Å². The Bertz CT molecular complexity index is 685. The lowest BCUT2D eigenvalue weighted by molar-refractivity contribution is -0.136. The van der Waals surface area contributed by atoms with Gasteiger partial charge in [-0.25, -0.2) is 0 Å². The normalized spacial score (nSPS) is 10.4. The van der Waals surface area contributed by atoms with Crippen LogP contribution in [-0.2, 0) is 17.8 Å². The highest BCUT2D eigenvalue weighted by atomic mass is 35.5. The molecule has 1 aromatic carbocycles. The van der Waals surface area contributed by atoms with E-state index < -0.39 is 5.97 Å². The molecule has 0 radical (unpaired) electrons. The molecule has 0 unspecified atom stereocenters. The zero-order valence-electron chi connectivity index (χ0n) is 10.7. The van der Waals surface area contributed by atoms with Gasteiger partial charge in [-0.3, -0.25) is 9.59 Å². The van der Waals surface area contributed by atoms with Crippen LogP contribution in [0, 0.1) is 0 Å². The van der Waals surface area contributed by atoms with Gasteiger partial charge in [0.25, 0.3) is 5.91 Å². The molecule has 110 valence electrons. The van der Waals surface area contributed by atoms with Crippen LogP contribution in [0.5, 0.6) is 0 Å². The van der Waals surface area contributed by atoms with Crippen molar-refractivity contribution in [3.8, 4) is 0 Å². The minimum absolute atomic E-state index is 0.0862. The second-order valence-corrected chi connectivity index (χ2v) is 6.55. The van der Waals surface area contributed by atoms with Gasteiger partial charge in [-0.2, -0.15) is 0 Å². The van der Waals surface area contributed by atoms with Gasteiger partial charge in [-0.05, 0) is 17.2 Å². The SMILES string of the molecule is O=C(O)Cc1ccccc1CNC(=O)c1cc(Cl)sc1Cl. The second-order valence-electron chi connectivity index (χ2n) is 4.26. The van der Waals surface area contributed by atoms with E-state index in [4.69, 9.17) is 28.3 Å². The maximum absolute atomic E-state index is 12.0. The molecule has 2 aromatic rings. The molecular formula is C14H11Cl2NO3S. The molecule has 2 rings (SSSR count). The van der Waals surface area contributed by atoms with Crippen molar-refractivity contribution < 1.29 is 14.7 Å². The Balaban J connectivity index is 2.08. The molecule has 0 aliphatic carbocycles. The van der Waals surface area contributed by atoms with Gasteiger partial charge in [0.1, 0.15) is 4.34 Å². The van der Waals surface area contributed by atoms with E-state index in [1.807, 2.05) is 0 Å². The van der Waals surface area contributed by atoms with Crippen molar-refractivity contribution in [2.24, 2.45) is 0 Å². The number of halogens is 2.